The van der Waals surface area contributed by atoms with Crippen LogP contribution in [-0.4, -0.2) is 33.5 Å². The fourth-order valence-corrected chi connectivity index (χ4v) is 4.22. The second-order valence-electron chi connectivity index (χ2n) is 6.45. The number of hydrogen-bond donors (Lipinski definition) is 3. The number of amides is 1. The van der Waals surface area contributed by atoms with Crippen LogP contribution in [0.15, 0.2) is 53.4 Å². The topological polar surface area (TPSA) is 87.3 Å². The molecule has 0 bridgehead atoms. The van der Waals surface area contributed by atoms with Crippen LogP contribution in [0.25, 0.3) is 0 Å². The zero-order chi connectivity index (χ0) is 18.6. The molecule has 27 heavy (non-hydrogen) atoms. The molecule has 1 aliphatic heterocycles. The molecule has 3 rings (SSSR count). The molecule has 2 aromatic rings. The summed E-state index contributed by atoms with van der Waals surface area (Å²) in [6.45, 7) is 3.54. The van der Waals surface area contributed by atoms with Gasteiger partial charge in [-0.15, -0.1) is 12.4 Å². The Balaban J connectivity index is 0.00000261. The van der Waals surface area contributed by atoms with Crippen LogP contribution in [0.2, 0.25) is 0 Å². The van der Waals surface area contributed by atoms with E-state index >= 15 is 0 Å². The van der Waals surface area contributed by atoms with Crippen molar-refractivity contribution in [3.63, 3.8) is 0 Å². The van der Waals surface area contributed by atoms with Crippen LogP contribution >= 0.6 is 12.4 Å². The first-order valence-corrected chi connectivity index (χ1v) is 10.1. The molecule has 1 atom stereocenters. The van der Waals surface area contributed by atoms with Crippen LogP contribution in [-0.2, 0) is 16.6 Å². The van der Waals surface area contributed by atoms with Crippen LogP contribution in [0.3, 0.4) is 0 Å². The predicted molar refractivity (Wildman–Crippen MR) is 108 cm³/mol. The summed E-state index contributed by atoms with van der Waals surface area (Å²) in [5, 5.41) is 6.12. The zero-order valence-corrected chi connectivity index (χ0v) is 16.7. The molecule has 2 aromatic carbocycles. The van der Waals surface area contributed by atoms with Crippen LogP contribution < -0.4 is 15.4 Å². The number of nitrogens with one attached hydrogen (secondary N) is 3. The molecule has 0 spiro atoms. The molecule has 1 aliphatic rings. The van der Waals surface area contributed by atoms with Gasteiger partial charge in [0.2, 0.25) is 10.0 Å². The number of rotatable bonds is 6. The van der Waals surface area contributed by atoms with Crippen molar-refractivity contribution in [1.29, 1.82) is 0 Å². The van der Waals surface area contributed by atoms with E-state index in [-0.39, 0.29) is 35.8 Å². The molecular weight excluding hydrogens is 386 g/mol. The zero-order valence-electron chi connectivity index (χ0n) is 15.1. The number of hydrogen-bond acceptors (Lipinski definition) is 4. The Morgan fingerprint density at radius 1 is 1.19 bits per heavy atom. The third kappa shape index (κ3) is 5.52. The molecule has 0 aliphatic carbocycles. The highest BCUT2D eigenvalue weighted by Gasteiger charge is 2.21. The SMILES string of the molecule is Cc1ccc(C(=O)NC2CCNC2)cc1S(=O)(=O)NCc1ccccc1.Cl. The molecule has 3 N–H and O–H groups in total. The Labute approximate surface area is 166 Å². The predicted octanol–water partition coefficient (Wildman–Crippen LogP) is 1.99. The van der Waals surface area contributed by atoms with Crippen molar-refractivity contribution in [2.75, 3.05) is 13.1 Å². The monoisotopic (exact) mass is 409 g/mol. The average Bonchev–Trinajstić information content (AvgIpc) is 3.14. The lowest BCUT2D eigenvalue weighted by Gasteiger charge is -2.14. The van der Waals surface area contributed by atoms with Gasteiger partial charge in [-0.2, -0.15) is 0 Å². The first-order chi connectivity index (χ1) is 12.5. The molecule has 1 fully saturated rings. The molecule has 146 valence electrons. The lowest BCUT2D eigenvalue weighted by Crippen LogP contribution is -2.36. The van der Waals surface area contributed by atoms with Crippen molar-refractivity contribution >= 4 is 28.3 Å². The number of aryl methyl sites for hydroxylation is 1. The lowest BCUT2D eigenvalue weighted by atomic mass is 10.1. The lowest BCUT2D eigenvalue weighted by molar-refractivity contribution is 0.0940. The Kier molecular flexibility index (Phi) is 7.38. The molecule has 1 amide bonds. The molecule has 0 saturated carbocycles. The molecular formula is C19H24ClN3O3S. The van der Waals surface area contributed by atoms with E-state index in [4.69, 9.17) is 0 Å². The summed E-state index contributed by atoms with van der Waals surface area (Å²) in [7, 11) is -3.71. The molecule has 8 heteroatoms. The van der Waals surface area contributed by atoms with Gasteiger partial charge in [-0.3, -0.25) is 4.79 Å². The quantitative estimate of drug-likeness (QED) is 0.680. The Morgan fingerprint density at radius 2 is 1.93 bits per heavy atom. The van der Waals surface area contributed by atoms with E-state index in [9.17, 15) is 13.2 Å². The minimum absolute atomic E-state index is 0. The highest BCUT2D eigenvalue weighted by Crippen LogP contribution is 2.18. The number of benzene rings is 2. The van der Waals surface area contributed by atoms with Crippen molar-refractivity contribution < 1.29 is 13.2 Å². The number of carbonyl (C=O) groups excluding carboxylic acids is 1. The Bertz CT molecular complexity index is 882. The summed E-state index contributed by atoms with van der Waals surface area (Å²) in [6.07, 6.45) is 0.876. The van der Waals surface area contributed by atoms with Gasteiger partial charge in [0.25, 0.3) is 5.91 Å². The van der Waals surface area contributed by atoms with Crippen LogP contribution in [0.4, 0.5) is 0 Å². The van der Waals surface area contributed by atoms with Gasteiger partial charge < -0.3 is 10.6 Å². The van der Waals surface area contributed by atoms with E-state index in [2.05, 4.69) is 15.4 Å². The minimum atomic E-state index is -3.71. The van der Waals surface area contributed by atoms with E-state index in [0.29, 0.717) is 11.1 Å². The van der Waals surface area contributed by atoms with Gasteiger partial charge in [0.05, 0.1) is 4.90 Å². The molecule has 1 saturated heterocycles. The number of sulfonamides is 1. The van der Waals surface area contributed by atoms with E-state index in [1.54, 1.807) is 19.1 Å². The van der Waals surface area contributed by atoms with Gasteiger partial charge in [0.15, 0.2) is 0 Å². The maximum Gasteiger partial charge on any atom is 0.251 e. The van der Waals surface area contributed by atoms with Crippen molar-refractivity contribution in [3.8, 4) is 0 Å². The standard InChI is InChI=1S/C19H23N3O3S.ClH/c1-14-7-8-16(19(23)22-17-9-10-20-13-17)11-18(14)26(24,25)21-12-15-5-3-2-4-6-15;/h2-8,11,17,20-21H,9-10,12-13H2,1H3,(H,22,23);1H. The van der Waals surface area contributed by atoms with E-state index in [0.717, 1.165) is 25.1 Å². The van der Waals surface area contributed by atoms with Crippen molar-refractivity contribution in [3.05, 3.63) is 65.2 Å². The van der Waals surface area contributed by atoms with Crippen molar-refractivity contribution in [1.82, 2.24) is 15.4 Å². The van der Waals surface area contributed by atoms with Crippen molar-refractivity contribution in [2.24, 2.45) is 0 Å². The third-order valence-corrected chi connectivity index (χ3v) is 5.99. The Morgan fingerprint density at radius 3 is 2.59 bits per heavy atom. The minimum Gasteiger partial charge on any atom is -0.348 e. The molecule has 0 radical (unpaired) electrons. The van der Waals surface area contributed by atoms with Crippen LogP contribution in [0.1, 0.15) is 27.9 Å². The van der Waals surface area contributed by atoms with Crippen LogP contribution in [0.5, 0.6) is 0 Å². The normalized spacial score (nSPS) is 16.6. The van der Waals surface area contributed by atoms with Gasteiger partial charge >= 0.3 is 0 Å². The smallest absolute Gasteiger partial charge is 0.251 e. The van der Waals surface area contributed by atoms with Crippen LogP contribution in [0, 0.1) is 6.92 Å². The molecule has 1 unspecified atom stereocenters. The second kappa shape index (κ2) is 9.32. The van der Waals surface area contributed by atoms with E-state index in [1.165, 1.54) is 6.07 Å². The Hall–Kier alpha value is -1.93. The first kappa shape index (κ1) is 21.4. The fourth-order valence-electron chi connectivity index (χ4n) is 2.93. The summed E-state index contributed by atoms with van der Waals surface area (Å²) in [6, 6.07) is 14.2. The van der Waals surface area contributed by atoms with Gasteiger partial charge in [0, 0.05) is 24.7 Å². The van der Waals surface area contributed by atoms with Gasteiger partial charge in [-0.1, -0.05) is 36.4 Å². The highest BCUT2D eigenvalue weighted by atomic mass is 35.5. The largest absolute Gasteiger partial charge is 0.348 e. The highest BCUT2D eigenvalue weighted by molar-refractivity contribution is 7.89. The third-order valence-electron chi connectivity index (χ3n) is 4.44. The molecule has 6 nitrogen and oxygen atoms in total. The first-order valence-electron chi connectivity index (χ1n) is 8.61. The summed E-state index contributed by atoms with van der Waals surface area (Å²) in [5.41, 5.74) is 1.82. The van der Waals surface area contributed by atoms with Gasteiger partial charge in [-0.05, 0) is 43.1 Å². The van der Waals surface area contributed by atoms with Gasteiger partial charge in [0.1, 0.15) is 0 Å². The summed E-state index contributed by atoms with van der Waals surface area (Å²) in [5.74, 6) is -0.252. The molecule has 1 heterocycles. The van der Waals surface area contributed by atoms with Crippen molar-refractivity contribution in [2.45, 2.75) is 30.8 Å². The number of halogens is 1. The fraction of sp³-hybridized carbons (Fsp3) is 0.316. The average molecular weight is 410 g/mol. The summed E-state index contributed by atoms with van der Waals surface area (Å²) >= 11 is 0. The second-order valence-corrected chi connectivity index (χ2v) is 8.19. The summed E-state index contributed by atoms with van der Waals surface area (Å²) in [4.78, 5) is 12.5. The van der Waals surface area contributed by atoms with Gasteiger partial charge in [-0.25, -0.2) is 13.1 Å². The maximum absolute atomic E-state index is 12.7. The van der Waals surface area contributed by atoms with E-state index < -0.39 is 10.0 Å². The number of carbonyl (C=O) groups is 1. The van der Waals surface area contributed by atoms with E-state index in [1.807, 2.05) is 30.3 Å². The molecule has 0 aromatic heterocycles. The maximum atomic E-state index is 12.7. The summed E-state index contributed by atoms with van der Waals surface area (Å²) < 4.78 is 28.0.